The summed E-state index contributed by atoms with van der Waals surface area (Å²) in [6, 6.07) is 0. The lowest BCUT2D eigenvalue weighted by atomic mass is 9.59. The molecule has 0 aromatic heterocycles. The highest BCUT2D eigenvalue weighted by molar-refractivity contribution is 4.98. The molecule has 0 radical (unpaired) electrons. The van der Waals surface area contributed by atoms with Gasteiger partial charge < -0.3 is 10.8 Å². The number of hydrogen-bond acceptors (Lipinski definition) is 2. The molecule has 0 heterocycles. The Hall–Kier alpha value is -0.0800. The van der Waals surface area contributed by atoms with E-state index in [2.05, 4.69) is 41.5 Å². The minimum atomic E-state index is -0.0712. The first-order chi connectivity index (χ1) is 12.7. The van der Waals surface area contributed by atoms with Crippen LogP contribution in [0.1, 0.15) is 106 Å². The highest BCUT2D eigenvalue weighted by Crippen LogP contribution is 2.56. The summed E-state index contributed by atoms with van der Waals surface area (Å²) >= 11 is 0. The average Bonchev–Trinajstić information content (AvgIpc) is 2.92. The van der Waals surface area contributed by atoms with E-state index in [0.717, 1.165) is 43.1 Å². The molecule has 2 saturated carbocycles. The highest BCUT2D eigenvalue weighted by atomic mass is 16.3. The van der Waals surface area contributed by atoms with Gasteiger partial charge in [0, 0.05) is 0 Å². The van der Waals surface area contributed by atoms with Crippen LogP contribution in [-0.2, 0) is 0 Å². The van der Waals surface area contributed by atoms with Crippen LogP contribution in [-0.4, -0.2) is 17.8 Å². The summed E-state index contributed by atoms with van der Waals surface area (Å²) in [7, 11) is 0. The highest BCUT2D eigenvalue weighted by Gasteiger charge is 2.48. The molecule has 4 unspecified atom stereocenters. The monoisotopic (exact) mass is 379 g/mol. The van der Waals surface area contributed by atoms with Crippen LogP contribution in [0.25, 0.3) is 0 Å². The summed E-state index contributed by atoms with van der Waals surface area (Å²) in [6.45, 7) is 15.6. The fourth-order valence-electron chi connectivity index (χ4n) is 7.42. The number of nitrogens with two attached hydrogens (primary N) is 1. The second-order valence-electron chi connectivity index (χ2n) is 11.1. The van der Waals surface area contributed by atoms with Gasteiger partial charge >= 0.3 is 0 Å². The van der Waals surface area contributed by atoms with Crippen LogP contribution in [0.4, 0.5) is 0 Å². The summed E-state index contributed by atoms with van der Waals surface area (Å²) in [5.74, 6) is 3.88. The van der Waals surface area contributed by atoms with Crippen molar-refractivity contribution in [3.8, 4) is 0 Å². The molecule has 0 amide bonds. The van der Waals surface area contributed by atoms with Crippen LogP contribution < -0.4 is 5.73 Å². The van der Waals surface area contributed by atoms with Gasteiger partial charge in [0.25, 0.3) is 0 Å². The van der Waals surface area contributed by atoms with E-state index in [9.17, 15) is 5.11 Å². The van der Waals surface area contributed by atoms with Crippen LogP contribution in [0.5, 0.6) is 0 Å². The Kier molecular flexibility index (Phi) is 8.26. The lowest BCUT2D eigenvalue weighted by Gasteiger charge is -2.47. The van der Waals surface area contributed by atoms with Gasteiger partial charge in [0.1, 0.15) is 0 Å². The smallest absolute Gasteiger partial charge is 0.0543 e. The van der Waals surface area contributed by atoms with E-state index in [0.29, 0.717) is 16.7 Å². The molecule has 7 atom stereocenters. The van der Waals surface area contributed by atoms with Gasteiger partial charge in [-0.05, 0) is 98.3 Å². The predicted octanol–water partition coefficient (Wildman–Crippen LogP) is 6.41. The molecule has 160 valence electrons. The molecule has 2 heteroatoms. The minimum Gasteiger partial charge on any atom is -0.393 e. The van der Waals surface area contributed by atoms with Gasteiger partial charge in [-0.1, -0.05) is 54.4 Å². The Morgan fingerprint density at radius 1 is 1.07 bits per heavy atom. The van der Waals surface area contributed by atoms with E-state index in [1.54, 1.807) is 0 Å². The summed E-state index contributed by atoms with van der Waals surface area (Å²) in [5.41, 5.74) is 6.82. The van der Waals surface area contributed by atoms with Gasteiger partial charge in [0.05, 0.1) is 6.10 Å². The SMILES string of the molecule is CCCC1(C)C(CCN)CC[C@H]1C(C)C[C@H](CC)C1C[C@H](O)CCC1(C)C. The molecule has 0 aromatic rings. The van der Waals surface area contributed by atoms with Gasteiger partial charge in [-0.15, -0.1) is 0 Å². The van der Waals surface area contributed by atoms with E-state index in [4.69, 9.17) is 5.73 Å². The minimum absolute atomic E-state index is 0.0712. The number of rotatable bonds is 9. The van der Waals surface area contributed by atoms with Crippen molar-refractivity contribution in [1.29, 1.82) is 0 Å². The van der Waals surface area contributed by atoms with Gasteiger partial charge in [0.2, 0.25) is 0 Å². The van der Waals surface area contributed by atoms with Gasteiger partial charge in [-0.3, -0.25) is 0 Å². The molecule has 2 nitrogen and oxygen atoms in total. The van der Waals surface area contributed by atoms with E-state index in [1.807, 2.05) is 0 Å². The van der Waals surface area contributed by atoms with Crippen molar-refractivity contribution >= 4 is 0 Å². The zero-order chi connectivity index (χ0) is 20.2. The maximum Gasteiger partial charge on any atom is 0.0543 e. The first-order valence-electron chi connectivity index (χ1n) is 12.1. The van der Waals surface area contributed by atoms with Crippen molar-refractivity contribution in [2.45, 2.75) is 112 Å². The summed E-state index contributed by atoms with van der Waals surface area (Å²) in [4.78, 5) is 0. The number of aliphatic hydroxyl groups is 1. The summed E-state index contributed by atoms with van der Waals surface area (Å²) in [6.07, 6.45) is 12.4. The molecule has 3 N–H and O–H groups in total. The maximum absolute atomic E-state index is 10.3. The third kappa shape index (κ3) is 5.10. The van der Waals surface area contributed by atoms with Gasteiger partial charge in [-0.25, -0.2) is 0 Å². The van der Waals surface area contributed by atoms with E-state index in [1.165, 1.54) is 51.4 Å². The second-order valence-corrected chi connectivity index (χ2v) is 11.1. The standard InChI is InChI=1S/C25H49NO/c1-7-13-25(6)20(12-15-26)9-10-22(25)18(3)16-19(8-2)23-17-21(27)11-14-24(23,4)5/h18-23,27H,7-17,26H2,1-6H3/t18?,19-,20?,21+,22-,23?,25?/m0/s1. The lowest BCUT2D eigenvalue weighted by Crippen LogP contribution is -2.40. The van der Waals surface area contributed by atoms with Crippen molar-refractivity contribution in [1.82, 2.24) is 0 Å². The molecular weight excluding hydrogens is 330 g/mol. The molecule has 27 heavy (non-hydrogen) atoms. The van der Waals surface area contributed by atoms with Crippen LogP contribution in [0.15, 0.2) is 0 Å². The molecule has 0 aliphatic heterocycles. The van der Waals surface area contributed by atoms with Crippen molar-refractivity contribution in [2.75, 3.05) is 6.54 Å². The first-order valence-corrected chi connectivity index (χ1v) is 12.1. The fourth-order valence-corrected chi connectivity index (χ4v) is 7.42. The van der Waals surface area contributed by atoms with Crippen molar-refractivity contribution in [3.63, 3.8) is 0 Å². The molecule has 0 saturated heterocycles. The van der Waals surface area contributed by atoms with Crippen molar-refractivity contribution in [2.24, 2.45) is 46.2 Å². The van der Waals surface area contributed by atoms with Crippen LogP contribution >= 0.6 is 0 Å². The molecule has 0 spiro atoms. The number of aliphatic hydroxyl groups excluding tert-OH is 1. The Bertz CT molecular complexity index is 448. The molecule has 2 aliphatic rings. The van der Waals surface area contributed by atoms with Crippen LogP contribution in [0.2, 0.25) is 0 Å². The Labute approximate surface area is 170 Å². The molecule has 2 rings (SSSR count). The van der Waals surface area contributed by atoms with Crippen molar-refractivity contribution in [3.05, 3.63) is 0 Å². The molecule has 2 aliphatic carbocycles. The third-order valence-electron chi connectivity index (χ3n) is 9.02. The summed E-state index contributed by atoms with van der Waals surface area (Å²) in [5, 5.41) is 10.3. The van der Waals surface area contributed by atoms with Crippen LogP contribution in [0.3, 0.4) is 0 Å². The molecule has 2 fully saturated rings. The van der Waals surface area contributed by atoms with Crippen LogP contribution in [0, 0.1) is 40.4 Å². The van der Waals surface area contributed by atoms with E-state index >= 15 is 0 Å². The van der Waals surface area contributed by atoms with Gasteiger partial charge in [0.15, 0.2) is 0 Å². The fraction of sp³-hybridized carbons (Fsp3) is 1.00. The largest absolute Gasteiger partial charge is 0.393 e. The molecular formula is C25H49NO. The normalized spacial score (nSPS) is 38.7. The lowest BCUT2D eigenvalue weighted by molar-refractivity contribution is -0.0134. The zero-order valence-corrected chi connectivity index (χ0v) is 19.3. The van der Waals surface area contributed by atoms with E-state index < -0.39 is 0 Å². The topological polar surface area (TPSA) is 46.2 Å². The Balaban J connectivity index is 2.12. The van der Waals surface area contributed by atoms with E-state index in [-0.39, 0.29) is 6.10 Å². The Morgan fingerprint density at radius 2 is 1.78 bits per heavy atom. The maximum atomic E-state index is 10.3. The average molecular weight is 380 g/mol. The molecule has 0 aromatic carbocycles. The second kappa shape index (κ2) is 9.61. The quantitative estimate of drug-likeness (QED) is 0.486. The Morgan fingerprint density at radius 3 is 2.37 bits per heavy atom. The van der Waals surface area contributed by atoms with Gasteiger partial charge in [-0.2, -0.15) is 0 Å². The number of hydrogen-bond donors (Lipinski definition) is 2. The predicted molar refractivity (Wildman–Crippen MR) is 118 cm³/mol. The summed E-state index contributed by atoms with van der Waals surface area (Å²) < 4.78 is 0. The third-order valence-corrected chi connectivity index (χ3v) is 9.02. The molecule has 0 bridgehead atoms. The first kappa shape index (κ1) is 23.2. The van der Waals surface area contributed by atoms with Crippen molar-refractivity contribution < 1.29 is 5.11 Å². The zero-order valence-electron chi connectivity index (χ0n) is 19.3.